The molecule has 26 heavy (non-hydrogen) atoms. The second kappa shape index (κ2) is 9.28. The Kier molecular flexibility index (Phi) is 7.08. The summed E-state index contributed by atoms with van der Waals surface area (Å²) in [5.41, 5.74) is 0.251. The molecule has 1 heterocycles. The maximum Gasteiger partial charge on any atom is 0.305 e. The lowest BCUT2D eigenvalue weighted by atomic mass is 10.1. The lowest BCUT2D eigenvalue weighted by molar-refractivity contribution is -0.141. The fraction of sp³-hybridized carbons (Fsp3) is 0.500. The third-order valence-electron chi connectivity index (χ3n) is 4.39. The molecule has 0 spiro atoms. The fourth-order valence-electron chi connectivity index (χ4n) is 2.71. The Balaban J connectivity index is 2.06. The van der Waals surface area contributed by atoms with E-state index in [4.69, 9.17) is 0 Å². The Bertz CT molecular complexity index is 642. The minimum Gasteiger partial charge on any atom is -0.469 e. The first-order valence-electron chi connectivity index (χ1n) is 8.51. The van der Waals surface area contributed by atoms with Crippen molar-refractivity contribution in [2.45, 2.75) is 18.9 Å². The standard InChI is InChI=1S/C18H24FN3O4/c1-21-9-11-22(12-10-21)18(25)15(7-8-16(23)26-2)20-17(24)13-3-5-14(19)6-4-13/h3-6,15H,7-12H2,1-2H3,(H,20,24). The molecule has 1 fully saturated rings. The first kappa shape index (κ1) is 19.8. The summed E-state index contributed by atoms with van der Waals surface area (Å²) < 4.78 is 17.6. The van der Waals surface area contributed by atoms with E-state index in [1.54, 1.807) is 4.90 Å². The van der Waals surface area contributed by atoms with Gasteiger partial charge in [0, 0.05) is 38.2 Å². The molecule has 1 atom stereocenters. The quantitative estimate of drug-likeness (QED) is 0.749. The van der Waals surface area contributed by atoms with E-state index >= 15 is 0 Å². The minimum atomic E-state index is -0.838. The molecule has 8 heteroatoms. The van der Waals surface area contributed by atoms with Gasteiger partial charge in [-0.3, -0.25) is 14.4 Å². The zero-order valence-corrected chi connectivity index (χ0v) is 15.0. The van der Waals surface area contributed by atoms with Gasteiger partial charge in [-0.15, -0.1) is 0 Å². The number of hydrogen-bond acceptors (Lipinski definition) is 5. The van der Waals surface area contributed by atoms with Crippen LogP contribution in [0.4, 0.5) is 4.39 Å². The van der Waals surface area contributed by atoms with E-state index in [9.17, 15) is 18.8 Å². The van der Waals surface area contributed by atoms with Crippen LogP contribution in [0.3, 0.4) is 0 Å². The lowest BCUT2D eigenvalue weighted by Crippen LogP contribution is -2.54. The van der Waals surface area contributed by atoms with E-state index < -0.39 is 23.7 Å². The van der Waals surface area contributed by atoms with Crippen LogP contribution in [0, 0.1) is 5.82 Å². The van der Waals surface area contributed by atoms with Crippen LogP contribution in [0.1, 0.15) is 23.2 Å². The summed E-state index contributed by atoms with van der Waals surface area (Å²) in [6.07, 6.45) is 0.162. The molecule has 1 aromatic carbocycles. The number of halogens is 1. The summed E-state index contributed by atoms with van der Waals surface area (Å²) in [5, 5.41) is 2.67. The number of carbonyl (C=O) groups excluding carboxylic acids is 3. The molecule has 1 unspecified atom stereocenters. The van der Waals surface area contributed by atoms with Crippen LogP contribution >= 0.6 is 0 Å². The van der Waals surface area contributed by atoms with Crippen molar-refractivity contribution >= 4 is 17.8 Å². The third kappa shape index (κ3) is 5.52. The van der Waals surface area contributed by atoms with Gasteiger partial charge in [0.25, 0.3) is 5.91 Å². The van der Waals surface area contributed by atoms with Gasteiger partial charge in [0.15, 0.2) is 0 Å². The molecule has 1 N–H and O–H groups in total. The summed E-state index contributed by atoms with van der Waals surface area (Å²) in [6, 6.07) is 4.22. The van der Waals surface area contributed by atoms with Crippen molar-refractivity contribution in [2.75, 3.05) is 40.3 Å². The number of nitrogens with zero attached hydrogens (tertiary/aromatic N) is 2. The average molecular weight is 365 g/mol. The lowest BCUT2D eigenvalue weighted by Gasteiger charge is -2.34. The zero-order chi connectivity index (χ0) is 19.1. The first-order chi connectivity index (χ1) is 12.4. The van der Waals surface area contributed by atoms with Crippen LogP contribution in [0.25, 0.3) is 0 Å². The molecule has 2 amide bonds. The topological polar surface area (TPSA) is 78.9 Å². The Hall–Kier alpha value is -2.48. The largest absolute Gasteiger partial charge is 0.469 e. The molecule has 142 valence electrons. The molecule has 7 nitrogen and oxygen atoms in total. The van der Waals surface area contributed by atoms with Gasteiger partial charge in [-0.2, -0.15) is 0 Å². The molecule has 2 rings (SSSR count). The van der Waals surface area contributed by atoms with E-state index in [-0.39, 0.29) is 24.3 Å². The van der Waals surface area contributed by atoms with Crippen molar-refractivity contribution in [3.8, 4) is 0 Å². The van der Waals surface area contributed by atoms with Crippen molar-refractivity contribution in [3.05, 3.63) is 35.6 Å². The van der Waals surface area contributed by atoms with Crippen LogP contribution in [0.15, 0.2) is 24.3 Å². The van der Waals surface area contributed by atoms with Gasteiger partial charge < -0.3 is 19.9 Å². The second-order valence-corrected chi connectivity index (χ2v) is 6.28. The number of likely N-dealkylation sites (N-methyl/N-ethyl adjacent to an activating group) is 1. The summed E-state index contributed by atoms with van der Waals surface area (Å²) in [7, 11) is 3.25. The molecule has 1 aromatic rings. The van der Waals surface area contributed by atoms with Gasteiger partial charge >= 0.3 is 5.97 Å². The molecule has 0 radical (unpaired) electrons. The Morgan fingerprint density at radius 2 is 1.77 bits per heavy atom. The molecule has 1 aliphatic heterocycles. The van der Waals surface area contributed by atoms with Gasteiger partial charge in [0.1, 0.15) is 11.9 Å². The minimum absolute atomic E-state index is 0.0182. The van der Waals surface area contributed by atoms with E-state index in [0.717, 1.165) is 13.1 Å². The summed E-state index contributed by atoms with van der Waals surface area (Å²) in [5.74, 6) is -1.60. The second-order valence-electron chi connectivity index (χ2n) is 6.28. The van der Waals surface area contributed by atoms with Crippen molar-refractivity contribution in [1.82, 2.24) is 15.1 Å². The van der Waals surface area contributed by atoms with Gasteiger partial charge in [-0.05, 0) is 37.7 Å². The number of rotatable bonds is 6. The van der Waals surface area contributed by atoms with Crippen LogP contribution in [-0.4, -0.2) is 74.0 Å². The Morgan fingerprint density at radius 1 is 1.15 bits per heavy atom. The maximum atomic E-state index is 13.0. The maximum absolute atomic E-state index is 13.0. The number of nitrogens with one attached hydrogen (secondary N) is 1. The molecule has 0 aliphatic carbocycles. The third-order valence-corrected chi connectivity index (χ3v) is 4.39. The number of amides is 2. The Morgan fingerprint density at radius 3 is 2.35 bits per heavy atom. The summed E-state index contributed by atoms with van der Waals surface area (Å²) in [6.45, 7) is 2.63. The number of ether oxygens (including phenoxy) is 1. The highest BCUT2D eigenvalue weighted by Gasteiger charge is 2.28. The van der Waals surface area contributed by atoms with Crippen LogP contribution < -0.4 is 5.32 Å². The van der Waals surface area contributed by atoms with E-state index in [2.05, 4.69) is 15.0 Å². The van der Waals surface area contributed by atoms with Crippen molar-refractivity contribution in [3.63, 3.8) is 0 Å². The highest BCUT2D eigenvalue weighted by molar-refractivity contribution is 5.97. The SMILES string of the molecule is COC(=O)CCC(NC(=O)c1ccc(F)cc1)C(=O)N1CCN(C)CC1. The molecule has 0 aromatic heterocycles. The Labute approximate surface area is 152 Å². The number of piperazine rings is 1. The molecule has 0 bridgehead atoms. The van der Waals surface area contributed by atoms with Gasteiger partial charge in [0.2, 0.25) is 5.91 Å². The van der Waals surface area contributed by atoms with E-state index in [1.165, 1.54) is 31.4 Å². The predicted molar refractivity (Wildman–Crippen MR) is 93.0 cm³/mol. The van der Waals surface area contributed by atoms with Crippen LogP contribution in [0.2, 0.25) is 0 Å². The van der Waals surface area contributed by atoms with Crippen LogP contribution in [-0.2, 0) is 14.3 Å². The number of benzene rings is 1. The average Bonchev–Trinajstić information content (AvgIpc) is 2.65. The predicted octanol–water partition coefficient (Wildman–Crippen LogP) is 0.651. The number of carbonyl (C=O) groups is 3. The molecule has 1 aliphatic rings. The number of methoxy groups -OCH3 is 1. The summed E-state index contributed by atoms with van der Waals surface area (Å²) in [4.78, 5) is 40.4. The molecular formula is C18H24FN3O4. The molecule has 0 saturated carbocycles. The number of esters is 1. The van der Waals surface area contributed by atoms with Crippen LogP contribution in [0.5, 0.6) is 0 Å². The van der Waals surface area contributed by atoms with Crippen molar-refractivity contribution < 1.29 is 23.5 Å². The highest BCUT2D eigenvalue weighted by Crippen LogP contribution is 2.10. The zero-order valence-electron chi connectivity index (χ0n) is 15.0. The fourth-order valence-corrected chi connectivity index (χ4v) is 2.71. The van der Waals surface area contributed by atoms with Gasteiger partial charge in [-0.25, -0.2) is 4.39 Å². The molecular weight excluding hydrogens is 341 g/mol. The number of hydrogen-bond donors (Lipinski definition) is 1. The van der Waals surface area contributed by atoms with Gasteiger partial charge in [-0.1, -0.05) is 0 Å². The highest BCUT2D eigenvalue weighted by atomic mass is 19.1. The monoisotopic (exact) mass is 365 g/mol. The normalized spacial score (nSPS) is 16.0. The smallest absolute Gasteiger partial charge is 0.305 e. The van der Waals surface area contributed by atoms with Crippen molar-refractivity contribution in [2.24, 2.45) is 0 Å². The van der Waals surface area contributed by atoms with Crippen molar-refractivity contribution in [1.29, 1.82) is 0 Å². The summed E-state index contributed by atoms with van der Waals surface area (Å²) >= 11 is 0. The first-order valence-corrected chi connectivity index (χ1v) is 8.51. The van der Waals surface area contributed by atoms with E-state index in [1.807, 2.05) is 7.05 Å². The van der Waals surface area contributed by atoms with Gasteiger partial charge in [0.05, 0.1) is 7.11 Å². The molecule has 1 saturated heterocycles. The van der Waals surface area contributed by atoms with E-state index in [0.29, 0.717) is 13.1 Å².